The molecule has 0 fully saturated rings. The van der Waals surface area contributed by atoms with Gasteiger partial charge in [-0.3, -0.25) is 4.79 Å². The minimum absolute atomic E-state index is 0.139. The van der Waals surface area contributed by atoms with Crippen LogP contribution in [-0.4, -0.2) is 20.7 Å². The quantitative estimate of drug-likeness (QED) is 0.479. The number of halogens is 1. The predicted molar refractivity (Wildman–Crippen MR) is 111 cm³/mol. The second-order valence-electron chi connectivity index (χ2n) is 5.86. The lowest BCUT2D eigenvalue weighted by molar-refractivity contribution is -0.115. The van der Waals surface area contributed by atoms with Crippen LogP contribution < -0.4 is 5.32 Å². The minimum Gasteiger partial charge on any atom is -0.309 e. The van der Waals surface area contributed by atoms with E-state index < -0.39 is 0 Å². The summed E-state index contributed by atoms with van der Waals surface area (Å²) in [5.41, 5.74) is 2.72. The van der Waals surface area contributed by atoms with E-state index in [0.29, 0.717) is 5.82 Å². The van der Waals surface area contributed by atoms with E-state index in [-0.39, 0.29) is 12.3 Å². The van der Waals surface area contributed by atoms with E-state index in [2.05, 4.69) is 31.3 Å². The lowest BCUT2D eigenvalue weighted by atomic mass is 10.2. The molecule has 0 atom stereocenters. The van der Waals surface area contributed by atoms with Crippen molar-refractivity contribution in [2.45, 2.75) is 6.42 Å². The van der Waals surface area contributed by atoms with Gasteiger partial charge in [0.25, 0.3) is 0 Å². The topological polar surface area (TPSA) is 59.8 Å². The van der Waals surface area contributed by atoms with Crippen LogP contribution in [0.1, 0.15) is 5.69 Å². The van der Waals surface area contributed by atoms with Crippen molar-refractivity contribution in [1.82, 2.24) is 14.8 Å². The maximum atomic E-state index is 12.3. The average molecular weight is 439 g/mol. The fourth-order valence-electron chi connectivity index (χ4n) is 2.61. The Kier molecular flexibility index (Phi) is 5.13. The summed E-state index contributed by atoms with van der Waals surface area (Å²) in [5, 5.41) is 10.0. The molecular formula is C20H15BrN4OS. The van der Waals surface area contributed by atoms with Crippen LogP contribution in [0.5, 0.6) is 0 Å². The summed E-state index contributed by atoms with van der Waals surface area (Å²) in [6, 6.07) is 19.5. The summed E-state index contributed by atoms with van der Waals surface area (Å²) in [6.45, 7) is 0. The first-order valence-corrected chi connectivity index (χ1v) is 9.96. The first-order valence-electron chi connectivity index (χ1n) is 8.29. The van der Waals surface area contributed by atoms with Crippen molar-refractivity contribution in [2.24, 2.45) is 0 Å². The van der Waals surface area contributed by atoms with Gasteiger partial charge in [0.05, 0.1) is 17.8 Å². The van der Waals surface area contributed by atoms with Gasteiger partial charge in [-0.05, 0) is 24.3 Å². The van der Waals surface area contributed by atoms with Crippen LogP contribution in [0, 0.1) is 0 Å². The molecule has 5 nitrogen and oxygen atoms in total. The van der Waals surface area contributed by atoms with E-state index >= 15 is 0 Å². The van der Waals surface area contributed by atoms with Crippen LogP contribution in [0.3, 0.4) is 0 Å². The Bertz CT molecular complexity index is 1070. The fraction of sp³-hybridized carbons (Fsp3) is 0.0500. The van der Waals surface area contributed by atoms with Gasteiger partial charge in [-0.1, -0.05) is 46.3 Å². The number of thiazole rings is 1. The van der Waals surface area contributed by atoms with E-state index in [9.17, 15) is 4.79 Å². The summed E-state index contributed by atoms with van der Waals surface area (Å²) in [5.74, 6) is 0.380. The van der Waals surface area contributed by atoms with Crippen LogP contribution >= 0.6 is 27.3 Å². The van der Waals surface area contributed by atoms with Crippen LogP contribution in [-0.2, 0) is 11.2 Å². The zero-order valence-corrected chi connectivity index (χ0v) is 16.6. The molecule has 0 unspecified atom stereocenters. The molecule has 0 bridgehead atoms. The second kappa shape index (κ2) is 7.85. The van der Waals surface area contributed by atoms with E-state index in [4.69, 9.17) is 0 Å². The van der Waals surface area contributed by atoms with Crippen LogP contribution in [0.15, 0.2) is 76.7 Å². The third-order valence-corrected chi connectivity index (χ3v) is 5.28. The Hall–Kier alpha value is -2.77. The van der Waals surface area contributed by atoms with Gasteiger partial charge in [-0.15, -0.1) is 11.3 Å². The molecule has 0 saturated carbocycles. The average Bonchev–Trinajstić information content (AvgIpc) is 3.32. The van der Waals surface area contributed by atoms with E-state index in [1.165, 1.54) is 11.3 Å². The third kappa shape index (κ3) is 4.32. The summed E-state index contributed by atoms with van der Waals surface area (Å²) < 4.78 is 2.73. The molecule has 4 aromatic rings. The highest BCUT2D eigenvalue weighted by molar-refractivity contribution is 9.10. The van der Waals surface area contributed by atoms with E-state index in [1.807, 2.05) is 66.2 Å². The Morgan fingerprint density at radius 1 is 1.11 bits per heavy atom. The number of carbonyl (C=O) groups excluding carboxylic acids is 1. The zero-order chi connectivity index (χ0) is 18.6. The van der Waals surface area contributed by atoms with Gasteiger partial charge in [0, 0.05) is 27.7 Å². The molecule has 134 valence electrons. The van der Waals surface area contributed by atoms with Crippen molar-refractivity contribution in [2.75, 3.05) is 5.32 Å². The molecule has 0 spiro atoms. The van der Waals surface area contributed by atoms with Crippen LogP contribution in [0.2, 0.25) is 0 Å². The number of amides is 1. The van der Waals surface area contributed by atoms with Crippen LogP contribution in [0.25, 0.3) is 16.3 Å². The van der Waals surface area contributed by atoms with Gasteiger partial charge in [0.2, 0.25) is 5.91 Å². The summed E-state index contributed by atoms with van der Waals surface area (Å²) in [7, 11) is 0. The highest BCUT2D eigenvalue weighted by atomic mass is 79.9. The maximum absolute atomic E-state index is 12.3. The van der Waals surface area contributed by atoms with Crippen molar-refractivity contribution < 1.29 is 4.79 Å². The maximum Gasteiger partial charge on any atom is 0.231 e. The number of nitrogens with one attached hydrogen (secondary N) is 1. The van der Waals surface area contributed by atoms with Crippen molar-refractivity contribution in [1.29, 1.82) is 0 Å². The third-order valence-electron chi connectivity index (χ3n) is 3.84. The SMILES string of the molecule is O=C(Cc1csc(-c2cccc(Br)c2)n1)Nc1ccn(-c2ccccc2)n1. The zero-order valence-electron chi connectivity index (χ0n) is 14.2. The van der Waals surface area contributed by atoms with Gasteiger partial charge >= 0.3 is 0 Å². The van der Waals surface area contributed by atoms with Gasteiger partial charge < -0.3 is 5.32 Å². The minimum atomic E-state index is -0.139. The number of anilines is 1. The van der Waals surface area contributed by atoms with Crippen molar-refractivity contribution in [3.05, 3.63) is 82.4 Å². The molecule has 1 amide bonds. The van der Waals surface area contributed by atoms with Crippen LogP contribution in [0.4, 0.5) is 5.82 Å². The van der Waals surface area contributed by atoms with E-state index in [1.54, 1.807) is 10.7 Å². The summed E-state index contributed by atoms with van der Waals surface area (Å²) >= 11 is 5.00. The molecule has 2 aromatic heterocycles. The number of carbonyl (C=O) groups is 1. The molecule has 4 rings (SSSR count). The Morgan fingerprint density at radius 3 is 2.78 bits per heavy atom. The molecule has 0 saturated heterocycles. The van der Waals surface area contributed by atoms with Gasteiger partial charge in [0.1, 0.15) is 5.01 Å². The summed E-state index contributed by atoms with van der Waals surface area (Å²) in [4.78, 5) is 16.9. The highest BCUT2D eigenvalue weighted by Crippen LogP contribution is 2.26. The fourth-order valence-corrected chi connectivity index (χ4v) is 3.82. The van der Waals surface area contributed by atoms with Gasteiger partial charge in [-0.2, -0.15) is 5.10 Å². The Labute approximate surface area is 168 Å². The van der Waals surface area contributed by atoms with Crippen molar-refractivity contribution in [3.8, 4) is 16.3 Å². The molecule has 0 aliphatic heterocycles. The standard InChI is InChI=1S/C20H15BrN4OS/c21-15-6-4-5-14(11-15)20-22-16(13-27-20)12-19(26)23-18-9-10-25(24-18)17-7-2-1-3-8-17/h1-11,13H,12H2,(H,23,24,26). The van der Waals surface area contributed by atoms with Crippen molar-refractivity contribution in [3.63, 3.8) is 0 Å². The van der Waals surface area contributed by atoms with Gasteiger partial charge in [-0.25, -0.2) is 9.67 Å². The molecule has 2 aromatic carbocycles. The number of nitrogens with zero attached hydrogens (tertiary/aromatic N) is 3. The Balaban J connectivity index is 1.41. The normalized spacial score (nSPS) is 10.7. The molecule has 27 heavy (non-hydrogen) atoms. The van der Waals surface area contributed by atoms with E-state index in [0.717, 1.165) is 26.4 Å². The highest BCUT2D eigenvalue weighted by Gasteiger charge is 2.11. The molecule has 7 heteroatoms. The molecule has 0 aliphatic rings. The second-order valence-corrected chi connectivity index (χ2v) is 7.63. The molecule has 2 heterocycles. The smallest absolute Gasteiger partial charge is 0.231 e. The largest absolute Gasteiger partial charge is 0.309 e. The van der Waals surface area contributed by atoms with Crippen molar-refractivity contribution >= 4 is 39.0 Å². The molecule has 0 radical (unpaired) electrons. The Morgan fingerprint density at radius 2 is 1.96 bits per heavy atom. The number of rotatable bonds is 5. The number of aromatic nitrogens is 3. The monoisotopic (exact) mass is 438 g/mol. The predicted octanol–water partition coefficient (Wildman–Crippen LogP) is 4.94. The lowest BCUT2D eigenvalue weighted by Gasteiger charge is -2.01. The number of para-hydroxylation sites is 1. The van der Waals surface area contributed by atoms with Gasteiger partial charge in [0.15, 0.2) is 5.82 Å². The number of benzene rings is 2. The molecular weight excluding hydrogens is 424 g/mol. The lowest BCUT2D eigenvalue weighted by Crippen LogP contribution is -2.15. The first kappa shape index (κ1) is 17.6. The first-order chi connectivity index (χ1) is 13.2. The number of hydrogen-bond acceptors (Lipinski definition) is 4. The number of hydrogen-bond donors (Lipinski definition) is 1. The molecule has 1 N–H and O–H groups in total. The summed E-state index contributed by atoms with van der Waals surface area (Å²) in [6.07, 6.45) is 2.03. The molecule has 0 aliphatic carbocycles.